The van der Waals surface area contributed by atoms with Crippen LogP contribution in [0.1, 0.15) is 80.9 Å². The van der Waals surface area contributed by atoms with Crippen molar-refractivity contribution in [2.45, 2.75) is 116 Å². The van der Waals surface area contributed by atoms with Gasteiger partial charge in [-0.25, -0.2) is 34.7 Å². The van der Waals surface area contributed by atoms with Crippen molar-refractivity contribution >= 4 is 137 Å². The number of likely N-dealkylation sites (tertiary alicyclic amines) is 3. The van der Waals surface area contributed by atoms with Gasteiger partial charge in [-0.1, -0.05) is 88.9 Å². The molecule has 3 fully saturated rings. The van der Waals surface area contributed by atoms with Crippen LogP contribution in [0.5, 0.6) is 0 Å². The first-order valence-electron chi connectivity index (χ1n) is 33.5. The number of rotatable bonds is 19. The third-order valence-corrected chi connectivity index (χ3v) is 22.4. The molecule has 9 heterocycles. The van der Waals surface area contributed by atoms with E-state index in [4.69, 9.17) is 66.1 Å². The van der Waals surface area contributed by atoms with Crippen molar-refractivity contribution < 1.29 is 39.2 Å². The molecule has 538 valence electrons. The third-order valence-electron chi connectivity index (χ3n) is 18.6. The fraction of sp³-hybridized carbons (Fsp3) is 0.297. The van der Waals surface area contributed by atoms with Crippen LogP contribution >= 0.6 is 80.4 Å². The predicted molar refractivity (Wildman–Crippen MR) is 407 cm³/mol. The number of halogens is 4. The Morgan fingerprint density at radius 3 is 1.24 bits per heavy atom. The number of imidazole rings is 3. The quantitative estimate of drug-likeness (QED) is 0.0340. The minimum atomic E-state index is -0.769. The minimum absolute atomic E-state index is 0.162. The molecule has 0 bridgehead atoms. The lowest BCUT2D eigenvalue weighted by Crippen LogP contribution is -2.47. The Hall–Kier alpha value is -8.58. The van der Waals surface area contributed by atoms with Gasteiger partial charge in [-0.05, 0) is 130 Å². The lowest BCUT2D eigenvalue weighted by Gasteiger charge is -2.24. The highest BCUT2D eigenvalue weighted by atomic mass is 35.5. The van der Waals surface area contributed by atoms with Gasteiger partial charge in [0.1, 0.15) is 50.6 Å². The smallest absolute Gasteiger partial charge is 0.338 e. The number of nitrogens with one attached hydrogen (secondary N) is 6. The number of H-pyrrole nitrogens is 3. The first-order chi connectivity index (χ1) is 50.2. The van der Waals surface area contributed by atoms with Crippen molar-refractivity contribution in [3.63, 3.8) is 0 Å². The van der Waals surface area contributed by atoms with E-state index in [2.05, 4.69) is 58.8 Å². The zero-order valence-electron chi connectivity index (χ0n) is 56.8. The molecule has 3 aliphatic heterocycles. The highest BCUT2D eigenvalue weighted by molar-refractivity contribution is 7.13. The second-order valence-electron chi connectivity index (χ2n) is 25.7. The second kappa shape index (κ2) is 32.8. The molecule has 15 rings (SSSR count). The summed E-state index contributed by atoms with van der Waals surface area (Å²) in [7, 11) is 1.34. The zero-order valence-corrected chi connectivity index (χ0v) is 62.3. The number of carbonyl (C=O) groups excluding carboxylic acids is 4. The Kier molecular flexibility index (Phi) is 23.3. The summed E-state index contributed by atoms with van der Waals surface area (Å²) in [5.41, 5.74) is 13.9. The van der Waals surface area contributed by atoms with E-state index in [0.717, 1.165) is 81.9 Å². The molecule has 6 aromatic carbocycles. The first-order valence-corrected chi connectivity index (χ1v) is 37.7. The third kappa shape index (κ3) is 17.2. The summed E-state index contributed by atoms with van der Waals surface area (Å²) in [6.07, 6.45) is -0.615. The molecule has 0 spiro atoms. The maximum absolute atomic E-state index is 13.1. The Morgan fingerprint density at radius 1 is 0.471 bits per heavy atom. The lowest BCUT2D eigenvalue weighted by molar-refractivity contribution is -0.129. The monoisotopic (exact) mass is 1540 g/mol. The van der Waals surface area contributed by atoms with Crippen molar-refractivity contribution in [2.24, 2.45) is 0 Å². The van der Waals surface area contributed by atoms with E-state index in [-0.39, 0.29) is 37.4 Å². The summed E-state index contributed by atoms with van der Waals surface area (Å²) in [4.78, 5) is 94.4. The minimum Gasteiger partial charge on any atom is -0.465 e. The molecule has 3 amide bonds. The van der Waals surface area contributed by atoms with Crippen LogP contribution in [0.3, 0.4) is 0 Å². The largest absolute Gasteiger partial charge is 0.465 e. The van der Waals surface area contributed by atoms with Gasteiger partial charge in [0, 0.05) is 92.2 Å². The number of benzene rings is 6. The highest BCUT2D eigenvalue weighted by Gasteiger charge is 2.41. The number of carbonyl (C=O) groups is 4. The lowest BCUT2D eigenvalue weighted by atomic mass is 10.1. The van der Waals surface area contributed by atoms with E-state index in [1.54, 1.807) is 53.9 Å². The van der Waals surface area contributed by atoms with Gasteiger partial charge in [0.25, 0.3) is 0 Å². The van der Waals surface area contributed by atoms with Gasteiger partial charge in [0.2, 0.25) is 17.7 Å². The number of aliphatic hydroxyl groups excluding tert-OH is 3. The Morgan fingerprint density at radius 2 is 0.837 bits per heavy atom. The topological polar surface area (TPSA) is 309 Å². The SMILES string of the molecule is COC(=O)c1ccc2[nH]c(CNC(=O)[C@@H]3[C@@H](O)CCN3Cc3csc(-c4ccc(Cl)cc4)n3)nc2c1C.Cc1ccc2[nH]c(CNC(=O)[C@@H]3[C@@H](O)CCN3Cc3csc(-c4ccc(Cl)cc4)n3)nc2c1C.O=C(NCc1nc2ccc(Cl)cc2[nH]1)[C@@H]1[C@@H](O)CCN1Cc1csc(-c2ccc(Cl)cc2)n1. The molecule has 0 aliphatic carbocycles. The molecule has 3 aliphatic rings. The number of hydrogen-bond donors (Lipinski definition) is 9. The molecule has 30 heteroatoms. The van der Waals surface area contributed by atoms with Gasteiger partial charge >= 0.3 is 5.97 Å². The van der Waals surface area contributed by atoms with E-state index < -0.39 is 42.4 Å². The number of aromatic amines is 3. The molecule has 6 atom stereocenters. The number of esters is 1. The van der Waals surface area contributed by atoms with Crippen LogP contribution in [-0.4, -0.2) is 162 Å². The van der Waals surface area contributed by atoms with Crippen LogP contribution in [0, 0.1) is 20.8 Å². The standard InChI is InChI=1S/C26H26ClN5O4S.C25H26ClN5O2S.C23H21Cl2N5O2S/c1-14-18(26(35)36-2)7-8-19-22(14)31-21(30-19)11-28-24(34)23-20(33)9-10-32(23)12-17-13-37-25(29-17)15-3-5-16(27)6-4-15;1-14-3-8-19-22(15(14)2)30-21(29-19)11-27-24(33)23-20(32)9-10-31(23)12-18-13-34-25(28-18)16-4-6-17(26)7-5-16;24-14-3-1-13(2-4-14)23-27-16(12-33-23)11-30-8-7-19(31)21(30)22(32)26-10-20-28-17-6-5-15(25)9-18(17)29-20/h3-8,13,20,23,33H,9-12H2,1-2H3,(H,28,34)(H,30,31);3-8,13,20,23,32H,9-12H2,1-2H3,(H,27,33)(H,29,30);1-6,9,12,19,21,31H,7-8,10-11H2,(H,26,32)(H,28,29)/t2*20-,23-;19-,21-/m000/s1. The van der Waals surface area contributed by atoms with Crippen molar-refractivity contribution in [2.75, 3.05) is 26.7 Å². The number of amides is 3. The van der Waals surface area contributed by atoms with Crippen LogP contribution < -0.4 is 16.0 Å². The predicted octanol–water partition coefficient (Wildman–Crippen LogP) is 12.1. The number of ether oxygens (including phenoxy) is 1. The highest BCUT2D eigenvalue weighted by Crippen LogP contribution is 2.33. The summed E-state index contributed by atoms with van der Waals surface area (Å²) < 4.78 is 4.83. The summed E-state index contributed by atoms with van der Waals surface area (Å²) in [5.74, 6) is 0.756. The first kappa shape index (κ1) is 73.7. The number of aliphatic hydroxyl groups is 3. The number of hydrogen-bond acceptors (Lipinski definition) is 20. The van der Waals surface area contributed by atoms with Crippen LogP contribution in [0.2, 0.25) is 20.1 Å². The van der Waals surface area contributed by atoms with E-state index in [0.29, 0.717) is 113 Å². The average molecular weight is 1540 g/mol. The van der Waals surface area contributed by atoms with E-state index in [1.165, 1.54) is 24.0 Å². The van der Waals surface area contributed by atoms with E-state index >= 15 is 0 Å². The summed E-state index contributed by atoms with van der Waals surface area (Å²) >= 11 is 28.6. The zero-order chi connectivity index (χ0) is 72.9. The van der Waals surface area contributed by atoms with Gasteiger partial charge in [0.05, 0.1) is 101 Å². The maximum Gasteiger partial charge on any atom is 0.338 e. The molecule has 9 N–H and O–H groups in total. The molecular weight excluding hydrogens is 1460 g/mol. The van der Waals surface area contributed by atoms with Crippen molar-refractivity contribution in [3.05, 3.63) is 208 Å². The van der Waals surface area contributed by atoms with Gasteiger partial charge in [-0.3, -0.25) is 29.1 Å². The van der Waals surface area contributed by atoms with E-state index in [1.807, 2.05) is 123 Å². The van der Waals surface area contributed by atoms with Crippen molar-refractivity contribution in [3.8, 4) is 31.7 Å². The molecule has 104 heavy (non-hydrogen) atoms. The van der Waals surface area contributed by atoms with Gasteiger partial charge in [0.15, 0.2) is 0 Å². The van der Waals surface area contributed by atoms with Crippen LogP contribution in [-0.2, 0) is 58.4 Å². The van der Waals surface area contributed by atoms with E-state index in [9.17, 15) is 34.5 Å². The number of thiazole rings is 3. The molecule has 0 radical (unpaired) electrons. The Bertz CT molecular complexity index is 5070. The summed E-state index contributed by atoms with van der Waals surface area (Å²) in [6.45, 7) is 9.88. The number of nitrogens with zero attached hydrogens (tertiary/aromatic N) is 9. The Balaban J connectivity index is 0.000000139. The Labute approximate surface area is 630 Å². The summed E-state index contributed by atoms with van der Waals surface area (Å²) in [6, 6.07) is 33.6. The fourth-order valence-electron chi connectivity index (χ4n) is 13.1. The van der Waals surface area contributed by atoms with Gasteiger partial charge in [-0.15, -0.1) is 34.0 Å². The number of methoxy groups -OCH3 is 1. The molecule has 6 aromatic heterocycles. The molecule has 0 saturated carbocycles. The van der Waals surface area contributed by atoms with Gasteiger partial charge in [-0.2, -0.15) is 0 Å². The molecule has 0 unspecified atom stereocenters. The summed E-state index contributed by atoms with van der Waals surface area (Å²) in [5, 5.41) is 51.7. The molecule has 23 nitrogen and oxygen atoms in total. The molecule has 3 saturated heterocycles. The van der Waals surface area contributed by atoms with Crippen molar-refractivity contribution in [1.82, 2.24) is 75.5 Å². The maximum atomic E-state index is 13.1. The molecule has 12 aromatic rings. The molecular formula is C74H73Cl4N15O8S3. The van der Waals surface area contributed by atoms with Gasteiger partial charge < -0.3 is 51.0 Å². The second-order valence-corrected chi connectivity index (χ2v) is 30.0. The number of fused-ring (bicyclic) bond motifs is 3. The van der Waals surface area contributed by atoms with Crippen LogP contribution in [0.25, 0.3) is 64.8 Å². The normalized spacial score (nSPS) is 18.4. The van der Waals surface area contributed by atoms with Crippen LogP contribution in [0.4, 0.5) is 0 Å². The van der Waals surface area contributed by atoms with Crippen molar-refractivity contribution in [1.29, 1.82) is 0 Å². The fourth-order valence-corrected chi connectivity index (χ4v) is 16.1. The van der Waals surface area contributed by atoms with Crippen LogP contribution in [0.15, 0.2) is 131 Å². The number of aryl methyl sites for hydroxylation is 3. The number of aromatic nitrogens is 9. The average Bonchev–Trinajstić information content (AvgIpc) is 1.67.